The van der Waals surface area contributed by atoms with E-state index in [1.165, 1.54) is 0 Å². The van der Waals surface area contributed by atoms with Crippen molar-refractivity contribution in [2.45, 2.75) is 19.8 Å². The third-order valence-corrected chi connectivity index (χ3v) is 3.19. The monoisotopic (exact) mass is 349 g/mol. The molecule has 128 valence electrons. The number of benzene rings is 2. The van der Waals surface area contributed by atoms with Crippen molar-refractivity contribution in [1.29, 1.82) is 0 Å². The lowest BCUT2D eigenvalue weighted by molar-refractivity contribution is -0.134. The van der Waals surface area contributed by atoms with Crippen molar-refractivity contribution < 1.29 is 19.1 Å². The van der Waals surface area contributed by atoms with E-state index in [2.05, 4.69) is 0 Å². The summed E-state index contributed by atoms with van der Waals surface area (Å²) in [6.45, 7) is 2.07. The third-order valence-electron chi connectivity index (χ3n) is 3.19. The van der Waals surface area contributed by atoms with Crippen LogP contribution in [-0.2, 0) is 16.0 Å². The van der Waals surface area contributed by atoms with Gasteiger partial charge in [0, 0.05) is 12.1 Å². The second-order valence-corrected chi connectivity index (χ2v) is 4.96. The maximum absolute atomic E-state index is 11.8. The van der Waals surface area contributed by atoms with Gasteiger partial charge in [0.2, 0.25) is 0 Å². The Morgan fingerprint density at radius 1 is 1.00 bits per heavy atom. The first-order valence-corrected chi connectivity index (χ1v) is 7.40. The molecule has 0 fully saturated rings. The summed E-state index contributed by atoms with van der Waals surface area (Å²) in [5.74, 6) is -0.320. The zero-order chi connectivity index (χ0) is 16.7. The molecule has 2 aromatic rings. The summed E-state index contributed by atoms with van der Waals surface area (Å²) in [6.07, 6.45) is 0.851. The van der Waals surface area contributed by atoms with E-state index in [1.54, 1.807) is 43.3 Å². The molecule has 0 saturated heterocycles. The Balaban J connectivity index is 0.00000288. The molecule has 0 saturated carbocycles. The molecule has 0 unspecified atom stereocenters. The number of hydrogen-bond acceptors (Lipinski definition) is 5. The molecule has 2 N–H and O–H groups in total. The zero-order valence-corrected chi connectivity index (χ0v) is 14.2. The summed E-state index contributed by atoms with van der Waals surface area (Å²) in [4.78, 5) is 23.4. The molecule has 0 atom stereocenters. The molecule has 0 aliphatic carbocycles. The second kappa shape index (κ2) is 9.57. The first-order chi connectivity index (χ1) is 11.1. The number of hydrogen-bond donors (Lipinski definition) is 1. The van der Waals surface area contributed by atoms with E-state index in [-0.39, 0.29) is 24.8 Å². The van der Waals surface area contributed by atoms with E-state index >= 15 is 0 Å². The Labute approximate surface area is 147 Å². The number of rotatable bonds is 6. The number of carbonyl (C=O) groups is 2. The maximum atomic E-state index is 11.8. The van der Waals surface area contributed by atoms with Crippen molar-refractivity contribution in [1.82, 2.24) is 0 Å². The van der Waals surface area contributed by atoms with Gasteiger partial charge in [0.05, 0.1) is 12.2 Å². The zero-order valence-electron chi connectivity index (χ0n) is 13.4. The highest BCUT2D eigenvalue weighted by molar-refractivity contribution is 5.89. The number of aryl methyl sites for hydroxylation is 1. The number of esters is 2. The van der Waals surface area contributed by atoms with Crippen LogP contribution in [0, 0.1) is 0 Å². The molecule has 0 radical (unpaired) electrons. The molecule has 0 aromatic heterocycles. The van der Waals surface area contributed by atoms with Gasteiger partial charge in [-0.05, 0) is 55.3 Å². The summed E-state index contributed by atoms with van der Waals surface area (Å²) in [6, 6.07) is 13.7. The number of ether oxygens (including phenoxy) is 2. The van der Waals surface area contributed by atoms with Crippen LogP contribution >= 0.6 is 12.4 Å². The standard InChI is InChI=1S/C18H19NO4.ClH/c1-2-22-18(21)14-6-10-16(11-7-14)23-17(20)12-5-13-3-8-15(19)9-4-13;/h3-4,6-11H,2,5,12,19H2,1H3;1H. The molecule has 6 heteroatoms. The minimum atomic E-state index is -0.395. The summed E-state index contributed by atoms with van der Waals surface area (Å²) in [7, 11) is 0. The predicted octanol–water partition coefficient (Wildman–Crippen LogP) is 3.41. The lowest BCUT2D eigenvalue weighted by Crippen LogP contribution is -2.09. The number of nitrogen functional groups attached to an aromatic ring is 1. The van der Waals surface area contributed by atoms with Crippen LogP contribution in [0.3, 0.4) is 0 Å². The quantitative estimate of drug-likeness (QED) is 0.491. The number of carbonyl (C=O) groups excluding carboxylic acids is 2. The average molecular weight is 350 g/mol. The van der Waals surface area contributed by atoms with E-state index in [0.717, 1.165) is 5.56 Å². The van der Waals surface area contributed by atoms with Gasteiger partial charge in [-0.2, -0.15) is 0 Å². The molecule has 2 aromatic carbocycles. The van der Waals surface area contributed by atoms with Gasteiger partial charge in [-0.1, -0.05) is 12.1 Å². The minimum Gasteiger partial charge on any atom is -0.462 e. The fourth-order valence-electron chi connectivity index (χ4n) is 1.99. The molecule has 24 heavy (non-hydrogen) atoms. The van der Waals surface area contributed by atoms with Crippen molar-refractivity contribution in [2.24, 2.45) is 0 Å². The van der Waals surface area contributed by atoms with Crippen LogP contribution in [0.2, 0.25) is 0 Å². The maximum Gasteiger partial charge on any atom is 0.338 e. The number of halogens is 1. The Kier molecular flexibility index (Phi) is 7.79. The molecule has 0 heterocycles. The van der Waals surface area contributed by atoms with Crippen molar-refractivity contribution in [3.05, 3.63) is 59.7 Å². The smallest absolute Gasteiger partial charge is 0.338 e. The van der Waals surface area contributed by atoms with Gasteiger partial charge >= 0.3 is 11.9 Å². The molecule has 5 nitrogen and oxygen atoms in total. The van der Waals surface area contributed by atoms with Crippen molar-refractivity contribution in [3.8, 4) is 5.75 Å². The molecule has 2 rings (SSSR count). The molecular formula is C18H20ClNO4. The van der Waals surface area contributed by atoms with Gasteiger partial charge in [0.1, 0.15) is 5.75 Å². The molecule has 0 spiro atoms. The predicted molar refractivity (Wildman–Crippen MR) is 94.5 cm³/mol. The summed E-state index contributed by atoms with van der Waals surface area (Å²) >= 11 is 0. The minimum absolute atomic E-state index is 0. The highest BCUT2D eigenvalue weighted by Crippen LogP contribution is 2.15. The lowest BCUT2D eigenvalue weighted by atomic mass is 10.1. The first-order valence-electron chi connectivity index (χ1n) is 7.40. The number of anilines is 1. The largest absolute Gasteiger partial charge is 0.462 e. The molecular weight excluding hydrogens is 330 g/mol. The Morgan fingerprint density at radius 3 is 2.21 bits per heavy atom. The fraction of sp³-hybridized carbons (Fsp3) is 0.222. The van der Waals surface area contributed by atoms with Crippen LogP contribution in [0.4, 0.5) is 5.69 Å². The molecule has 0 aliphatic heterocycles. The topological polar surface area (TPSA) is 78.6 Å². The lowest BCUT2D eigenvalue weighted by Gasteiger charge is -2.06. The Bertz CT molecular complexity index is 668. The van der Waals surface area contributed by atoms with Gasteiger partial charge < -0.3 is 15.2 Å². The molecule has 0 bridgehead atoms. The van der Waals surface area contributed by atoms with Gasteiger partial charge in [0.25, 0.3) is 0 Å². The van der Waals surface area contributed by atoms with Crippen LogP contribution < -0.4 is 10.5 Å². The summed E-state index contributed by atoms with van der Waals surface area (Å²) < 4.78 is 10.1. The first kappa shape index (κ1) is 19.5. The Hall–Kier alpha value is -2.53. The van der Waals surface area contributed by atoms with Crippen molar-refractivity contribution >= 4 is 30.0 Å². The molecule has 0 aliphatic rings. The highest BCUT2D eigenvalue weighted by atomic mass is 35.5. The van der Waals surface area contributed by atoms with Gasteiger partial charge in [0.15, 0.2) is 0 Å². The Morgan fingerprint density at radius 2 is 1.62 bits per heavy atom. The van der Waals surface area contributed by atoms with E-state index in [0.29, 0.717) is 30.0 Å². The van der Waals surface area contributed by atoms with Crippen LogP contribution in [0.5, 0.6) is 5.75 Å². The van der Waals surface area contributed by atoms with E-state index < -0.39 is 5.97 Å². The average Bonchev–Trinajstić information content (AvgIpc) is 2.55. The van der Waals surface area contributed by atoms with Gasteiger partial charge in [-0.3, -0.25) is 4.79 Å². The van der Waals surface area contributed by atoms with E-state index in [9.17, 15) is 9.59 Å². The summed E-state index contributed by atoms with van der Waals surface area (Å²) in [5, 5.41) is 0. The van der Waals surface area contributed by atoms with Crippen LogP contribution in [-0.4, -0.2) is 18.5 Å². The van der Waals surface area contributed by atoms with Gasteiger partial charge in [-0.25, -0.2) is 4.79 Å². The van der Waals surface area contributed by atoms with Crippen molar-refractivity contribution in [2.75, 3.05) is 12.3 Å². The van der Waals surface area contributed by atoms with Crippen LogP contribution in [0.25, 0.3) is 0 Å². The molecule has 0 amide bonds. The van der Waals surface area contributed by atoms with Crippen molar-refractivity contribution in [3.63, 3.8) is 0 Å². The van der Waals surface area contributed by atoms with Crippen LogP contribution in [0.15, 0.2) is 48.5 Å². The summed E-state index contributed by atoms with van der Waals surface area (Å²) in [5.41, 5.74) is 7.75. The normalized spacial score (nSPS) is 9.71. The van der Waals surface area contributed by atoms with Crippen LogP contribution in [0.1, 0.15) is 29.3 Å². The van der Waals surface area contributed by atoms with E-state index in [1.807, 2.05) is 12.1 Å². The van der Waals surface area contributed by atoms with Gasteiger partial charge in [-0.15, -0.1) is 12.4 Å². The van der Waals surface area contributed by atoms with E-state index in [4.69, 9.17) is 15.2 Å². The fourth-order valence-corrected chi connectivity index (χ4v) is 1.99. The SMILES string of the molecule is CCOC(=O)c1ccc(OC(=O)CCc2ccc(N)cc2)cc1.Cl. The third kappa shape index (κ3) is 5.93. The second-order valence-electron chi connectivity index (χ2n) is 4.96. The number of nitrogens with two attached hydrogens (primary N) is 1. The highest BCUT2D eigenvalue weighted by Gasteiger charge is 2.09.